The molecule has 14 heavy (non-hydrogen) atoms. The van der Waals surface area contributed by atoms with E-state index in [0.717, 1.165) is 25.9 Å². The van der Waals surface area contributed by atoms with Crippen LogP contribution in [0.5, 0.6) is 0 Å². The van der Waals surface area contributed by atoms with Crippen LogP contribution in [0.2, 0.25) is 0 Å². The van der Waals surface area contributed by atoms with Crippen molar-refractivity contribution < 1.29 is 14.3 Å². The van der Waals surface area contributed by atoms with E-state index in [1.165, 1.54) is 12.7 Å². The number of aliphatic hydroxyl groups is 1. The number of hydrogen-bond donors (Lipinski definition) is 1. The van der Waals surface area contributed by atoms with Gasteiger partial charge in [0.2, 0.25) is 0 Å². The highest BCUT2D eigenvalue weighted by Gasteiger charge is 2.16. The number of aliphatic hydroxyl groups excluding tert-OH is 1. The van der Waals surface area contributed by atoms with Gasteiger partial charge in [0, 0.05) is 6.61 Å². The Hall–Kier alpha value is -0.870. The van der Waals surface area contributed by atoms with Gasteiger partial charge in [-0.25, -0.2) is 4.98 Å². The van der Waals surface area contributed by atoms with E-state index in [9.17, 15) is 0 Å². The maximum atomic E-state index is 8.80. The molecule has 1 aromatic rings. The molecule has 1 fully saturated rings. The normalized spacial score (nSPS) is 22.5. The van der Waals surface area contributed by atoms with Gasteiger partial charge in [0.05, 0.1) is 19.1 Å². The van der Waals surface area contributed by atoms with Gasteiger partial charge in [0.1, 0.15) is 12.0 Å². The molecule has 0 saturated carbocycles. The topological polar surface area (TPSA) is 55.5 Å². The molecule has 78 valence electrons. The van der Waals surface area contributed by atoms with Crippen LogP contribution in [-0.4, -0.2) is 22.8 Å². The zero-order valence-corrected chi connectivity index (χ0v) is 8.11. The molecule has 0 radical (unpaired) electrons. The lowest BCUT2D eigenvalue weighted by molar-refractivity contribution is 0.0132. The van der Waals surface area contributed by atoms with E-state index in [0.29, 0.717) is 11.6 Å². The van der Waals surface area contributed by atoms with Crippen molar-refractivity contribution in [1.82, 2.24) is 4.98 Å². The minimum absolute atomic E-state index is 0.0605. The summed E-state index contributed by atoms with van der Waals surface area (Å²) in [5.41, 5.74) is 0.593. The standard InChI is InChI=1S/C10H15NO3/c12-6-8-7-14-10(11-8)5-9-3-1-2-4-13-9/h7,9,12H,1-6H2. The third-order valence-electron chi connectivity index (χ3n) is 2.44. The quantitative estimate of drug-likeness (QED) is 0.793. The molecule has 1 atom stereocenters. The Morgan fingerprint density at radius 1 is 1.50 bits per heavy atom. The smallest absolute Gasteiger partial charge is 0.196 e. The number of nitrogens with zero attached hydrogens (tertiary/aromatic N) is 1. The second kappa shape index (κ2) is 4.57. The molecule has 1 aliphatic rings. The van der Waals surface area contributed by atoms with E-state index in [4.69, 9.17) is 14.3 Å². The van der Waals surface area contributed by atoms with E-state index in [1.54, 1.807) is 0 Å². The fraction of sp³-hybridized carbons (Fsp3) is 0.700. The van der Waals surface area contributed by atoms with Crippen molar-refractivity contribution >= 4 is 0 Å². The third kappa shape index (κ3) is 2.33. The first-order valence-corrected chi connectivity index (χ1v) is 5.04. The van der Waals surface area contributed by atoms with Gasteiger partial charge < -0.3 is 14.3 Å². The van der Waals surface area contributed by atoms with Crippen LogP contribution in [0, 0.1) is 0 Å². The Morgan fingerprint density at radius 2 is 2.43 bits per heavy atom. The highest BCUT2D eigenvalue weighted by atomic mass is 16.5. The molecule has 2 rings (SSSR count). The maximum Gasteiger partial charge on any atom is 0.196 e. The minimum atomic E-state index is -0.0605. The summed E-state index contributed by atoms with van der Waals surface area (Å²) in [7, 11) is 0. The minimum Gasteiger partial charge on any atom is -0.449 e. The summed E-state index contributed by atoms with van der Waals surface area (Å²) in [5, 5.41) is 8.80. The highest BCUT2D eigenvalue weighted by molar-refractivity contribution is 4.95. The third-order valence-corrected chi connectivity index (χ3v) is 2.44. The Kier molecular flexibility index (Phi) is 3.16. The molecule has 2 heterocycles. The van der Waals surface area contributed by atoms with Crippen molar-refractivity contribution in [3.8, 4) is 0 Å². The number of oxazole rings is 1. The van der Waals surface area contributed by atoms with Gasteiger partial charge in [-0.1, -0.05) is 0 Å². The summed E-state index contributed by atoms with van der Waals surface area (Å²) in [6.45, 7) is 0.785. The van der Waals surface area contributed by atoms with Gasteiger partial charge in [-0.3, -0.25) is 0 Å². The van der Waals surface area contributed by atoms with Crippen LogP contribution in [0.3, 0.4) is 0 Å². The van der Waals surface area contributed by atoms with E-state index in [1.807, 2.05) is 0 Å². The van der Waals surface area contributed by atoms with Gasteiger partial charge >= 0.3 is 0 Å². The van der Waals surface area contributed by atoms with E-state index >= 15 is 0 Å². The van der Waals surface area contributed by atoms with Crippen LogP contribution in [0.1, 0.15) is 30.8 Å². The van der Waals surface area contributed by atoms with E-state index in [2.05, 4.69) is 4.98 Å². The first-order valence-electron chi connectivity index (χ1n) is 5.04. The van der Waals surface area contributed by atoms with Crippen LogP contribution in [0.4, 0.5) is 0 Å². The monoisotopic (exact) mass is 197 g/mol. The SMILES string of the molecule is OCc1coc(CC2CCCCO2)n1. The summed E-state index contributed by atoms with van der Waals surface area (Å²) >= 11 is 0. The molecule has 0 aromatic carbocycles. The lowest BCUT2D eigenvalue weighted by Crippen LogP contribution is -2.21. The fourth-order valence-electron chi connectivity index (χ4n) is 1.68. The van der Waals surface area contributed by atoms with Gasteiger partial charge in [0.15, 0.2) is 5.89 Å². The molecular weight excluding hydrogens is 182 g/mol. The summed E-state index contributed by atoms with van der Waals surface area (Å²) in [5.74, 6) is 0.668. The van der Waals surface area contributed by atoms with Gasteiger partial charge in [0.25, 0.3) is 0 Å². The molecule has 1 saturated heterocycles. The zero-order valence-electron chi connectivity index (χ0n) is 8.11. The van der Waals surface area contributed by atoms with Gasteiger partial charge in [-0.15, -0.1) is 0 Å². The second-order valence-corrected chi connectivity index (χ2v) is 3.58. The summed E-state index contributed by atoms with van der Waals surface area (Å²) in [6, 6.07) is 0. The average molecular weight is 197 g/mol. The first kappa shape index (κ1) is 9.68. The largest absolute Gasteiger partial charge is 0.449 e. The molecule has 1 aromatic heterocycles. The van der Waals surface area contributed by atoms with Crippen molar-refractivity contribution in [1.29, 1.82) is 0 Å². The molecule has 1 unspecified atom stereocenters. The molecule has 0 amide bonds. The van der Waals surface area contributed by atoms with Gasteiger partial charge in [-0.2, -0.15) is 0 Å². The number of ether oxygens (including phenoxy) is 1. The van der Waals surface area contributed by atoms with Crippen LogP contribution < -0.4 is 0 Å². The lowest BCUT2D eigenvalue weighted by atomic mass is 10.1. The van der Waals surface area contributed by atoms with Crippen molar-refractivity contribution in [3.05, 3.63) is 17.8 Å². The molecule has 0 bridgehead atoms. The molecule has 0 aliphatic carbocycles. The Labute approximate surface area is 82.9 Å². The van der Waals surface area contributed by atoms with Crippen molar-refractivity contribution in [2.75, 3.05) is 6.61 Å². The van der Waals surface area contributed by atoms with Crippen molar-refractivity contribution in [2.24, 2.45) is 0 Å². The summed E-state index contributed by atoms with van der Waals surface area (Å²) in [6.07, 6.45) is 5.92. The van der Waals surface area contributed by atoms with Crippen LogP contribution >= 0.6 is 0 Å². The maximum absolute atomic E-state index is 8.80. The Morgan fingerprint density at radius 3 is 3.07 bits per heavy atom. The Balaban J connectivity index is 1.89. The first-order chi connectivity index (χ1) is 6.88. The number of hydrogen-bond acceptors (Lipinski definition) is 4. The van der Waals surface area contributed by atoms with Crippen LogP contribution in [-0.2, 0) is 17.8 Å². The fourth-order valence-corrected chi connectivity index (χ4v) is 1.68. The highest BCUT2D eigenvalue weighted by Crippen LogP contribution is 2.16. The predicted molar refractivity (Wildman–Crippen MR) is 49.7 cm³/mol. The molecule has 1 N–H and O–H groups in total. The second-order valence-electron chi connectivity index (χ2n) is 3.58. The summed E-state index contributed by atoms with van der Waals surface area (Å²) in [4.78, 5) is 4.13. The Bertz CT molecular complexity index is 279. The molecule has 1 aliphatic heterocycles. The van der Waals surface area contributed by atoms with Crippen LogP contribution in [0.25, 0.3) is 0 Å². The van der Waals surface area contributed by atoms with Crippen molar-refractivity contribution in [3.63, 3.8) is 0 Å². The molecular formula is C10H15NO3. The number of aromatic nitrogens is 1. The summed E-state index contributed by atoms with van der Waals surface area (Å²) < 4.78 is 10.8. The van der Waals surface area contributed by atoms with E-state index in [-0.39, 0.29) is 12.7 Å². The average Bonchev–Trinajstić information content (AvgIpc) is 2.67. The molecule has 0 spiro atoms. The molecule has 4 heteroatoms. The molecule has 4 nitrogen and oxygen atoms in total. The zero-order chi connectivity index (χ0) is 9.80. The lowest BCUT2D eigenvalue weighted by Gasteiger charge is -2.20. The predicted octanol–water partition coefficient (Wildman–Crippen LogP) is 1.28. The number of rotatable bonds is 3. The van der Waals surface area contributed by atoms with Crippen LogP contribution in [0.15, 0.2) is 10.7 Å². The van der Waals surface area contributed by atoms with E-state index < -0.39 is 0 Å². The van der Waals surface area contributed by atoms with Gasteiger partial charge in [-0.05, 0) is 19.3 Å². The van der Waals surface area contributed by atoms with Crippen molar-refractivity contribution in [2.45, 2.75) is 38.4 Å².